The predicted molar refractivity (Wildman–Crippen MR) is 225 cm³/mol. The van der Waals surface area contributed by atoms with E-state index in [2.05, 4.69) is 24.7 Å². The van der Waals surface area contributed by atoms with E-state index in [0.717, 1.165) is 43.7 Å². The summed E-state index contributed by atoms with van der Waals surface area (Å²) in [5.41, 5.74) is 6.35. The number of nitrogens with zero attached hydrogens (tertiary/aromatic N) is 7. The third kappa shape index (κ3) is 11.1. The van der Waals surface area contributed by atoms with Crippen LogP contribution in [0, 0.1) is 0 Å². The molecule has 0 spiro atoms. The zero-order valence-corrected chi connectivity index (χ0v) is 34.3. The standard InChI is InChI=1S/C24H21ClN4O4.C10H13ClN4O2.C7H5ClO/c1-33-24(32)18-20(27-21(19(25)26-18)28-14-8-9-15-28)29(22(30)16-10-4-2-5-11-16)23(31)17-12-6-3-7-13-17;1-17-10(16)6-8(12)14-9(7(11)13-6)15-4-2-3-5-15;8-7(9)6-4-2-1-3-5-6/h2-7,10-13H,8-9,14-15H2,1H3;2-5H2,1H3,(H2,12,14);1-5H. The second kappa shape index (κ2) is 21.0. The van der Waals surface area contributed by atoms with Crippen LogP contribution in [0.2, 0.25) is 10.3 Å². The molecule has 4 heterocycles. The molecule has 15 nitrogen and oxygen atoms in total. The van der Waals surface area contributed by atoms with Gasteiger partial charge in [-0.3, -0.25) is 14.4 Å². The molecule has 0 saturated carbocycles. The van der Waals surface area contributed by atoms with Gasteiger partial charge in [-0.15, -0.1) is 0 Å². The lowest BCUT2D eigenvalue weighted by atomic mass is 10.1. The molecular formula is C41H39Cl3N8O7. The van der Waals surface area contributed by atoms with Crippen molar-refractivity contribution in [3.05, 3.63) is 129 Å². The molecule has 18 heteroatoms. The molecule has 2 amide bonds. The molecule has 7 rings (SSSR count). The Morgan fingerprint density at radius 2 is 0.949 bits per heavy atom. The fourth-order valence-corrected chi connectivity index (χ4v) is 6.60. The number of hydrogen-bond donors (Lipinski definition) is 1. The van der Waals surface area contributed by atoms with Crippen LogP contribution in [0.5, 0.6) is 0 Å². The van der Waals surface area contributed by atoms with E-state index in [-0.39, 0.29) is 44.5 Å². The quantitative estimate of drug-likeness (QED) is 0.0938. The van der Waals surface area contributed by atoms with Gasteiger partial charge in [0.15, 0.2) is 45.0 Å². The van der Waals surface area contributed by atoms with Crippen molar-refractivity contribution < 1.29 is 33.4 Å². The van der Waals surface area contributed by atoms with E-state index in [9.17, 15) is 24.0 Å². The minimum Gasteiger partial charge on any atom is -0.464 e. The molecule has 0 bridgehead atoms. The second-order valence-electron chi connectivity index (χ2n) is 12.8. The topological polar surface area (TPSA) is 191 Å². The van der Waals surface area contributed by atoms with E-state index in [4.69, 9.17) is 45.3 Å². The zero-order valence-electron chi connectivity index (χ0n) is 32.0. The number of aromatic nitrogens is 4. The number of hydrogen-bond acceptors (Lipinski definition) is 14. The van der Waals surface area contributed by atoms with E-state index in [1.54, 1.807) is 84.9 Å². The first-order valence-corrected chi connectivity index (χ1v) is 19.4. The maximum Gasteiger partial charge on any atom is 0.360 e. The number of rotatable bonds is 8. The Morgan fingerprint density at radius 3 is 1.34 bits per heavy atom. The van der Waals surface area contributed by atoms with E-state index < -0.39 is 29.0 Å². The Labute approximate surface area is 355 Å². The molecular weight excluding hydrogens is 823 g/mol. The van der Waals surface area contributed by atoms with Gasteiger partial charge in [0.05, 0.1) is 14.2 Å². The van der Waals surface area contributed by atoms with Crippen LogP contribution in [0.1, 0.15) is 77.7 Å². The molecule has 2 saturated heterocycles. The van der Waals surface area contributed by atoms with Crippen molar-refractivity contribution in [2.24, 2.45) is 0 Å². The highest BCUT2D eigenvalue weighted by Crippen LogP contribution is 2.32. The van der Waals surface area contributed by atoms with Gasteiger partial charge in [-0.1, -0.05) is 89.9 Å². The SMILES string of the molecule is COC(=O)c1nc(Cl)c(N2CCCC2)nc1N.COC(=O)c1nc(Cl)c(N2CCCC2)nc1N(C(=O)c1ccccc1)C(=O)c1ccccc1.O=C(Cl)c1ccccc1. The molecule has 59 heavy (non-hydrogen) atoms. The van der Waals surface area contributed by atoms with Crippen LogP contribution < -0.4 is 20.4 Å². The highest BCUT2D eigenvalue weighted by molar-refractivity contribution is 6.67. The molecule has 5 aromatic rings. The van der Waals surface area contributed by atoms with Crippen LogP contribution in [0.15, 0.2) is 91.0 Å². The van der Waals surface area contributed by atoms with Gasteiger partial charge in [0.25, 0.3) is 17.1 Å². The maximum atomic E-state index is 13.6. The number of nitrogen functional groups attached to an aromatic ring is 1. The maximum absolute atomic E-state index is 13.6. The van der Waals surface area contributed by atoms with Crippen LogP contribution in [0.4, 0.5) is 23.3 Å². The lowest BCUT2D eigenvalue weighted by Gasteiger charge is -2.24. The Morgan fingerprint density at radius 1 is 0.576 bits per heavy atom. The zero-order chi connectivity index (χ0) is 42.5. The summed E-state index contributed by atoms with van der Waals surface area (Å²) in [4.78, 5) is 83.1. The van der Waals surface area contributed by atoms with Crippen molar-refractivity contribution in [1.29, 1.82) is 0 Å². The summed E-state index contributed by atoms with van der Waals surface area (Å²) >= 11 is 17.5. The lowest BCUT2D eigenvalue weighted by Crippen LogP contribution is -2.39. The molecule has 0 aliphatic carbocycles. The molecule has 2 aliphatic heterocycles. The van der Waals surface area contributed by atoms with Gasteiger partial charge in [-0.05, 0) is 61.5 Å². The Kier molecular flexibility index (Phi) is 15.7. The molecule has 0 unspecified atom stereocenters. The van der Waals surface area contributed by atoms with Gasteiger partial charge in [0.1, 0.15) is 0 Å². The summed E-state index contributed by atoms with van der Waals surface area (Å²) in [7, 11) is 2.43. The molecule has 0 radical (unpaired) electrons. The number of carbonyl (C=O) groups excluding carboxylic acids is 5. The summed E-state index contributed by atoms with van der Waals surface area (Å²) in [5, 5.41) is -0.225. The number of anilines is 4. The highest BCUT2D eigenvalue weighted by atomic mass is 35.5. The summed E-state index contributed by atoms with van der Waals surface area (Å²) in [6.07, 6.45) is 4.08. The van der Waals surface area contributed by atoms with Crippen molar-refractivity contribution in [3.8, 4) is 0 Å². The van der Waals surface area contributed by atoms with Crippen molar-refractivity contribution in [1.82, 2.24) is 19.9 Å². The molecule has 2 aromatic heterocycles. The number of methoxy groups -OCH3 is 2. The minimum absolute atomic E-state index is 0.000296. The number of halogens is 3. The van der Waals surface area contributed by atoms with Gasteiger partial charge in [0, 0.05) is 42.9 Å². The molecule has 306 valence electrons. The largest absolute Gasteiger partial charge is 0.464 e. The lowest BCUT2D eigenvalue weighted by molar-refractivity contribution is 0.0585. The van der Waals surface area contributed by atoms with Crippen LogP contribution in [0.3, 0.4) is 0 Å². The first-order chi connectivity index (χ1) is 28.4. The summed E-state index contributed by atoms with van der Waals surface area (Å²) < 4.78 is 9.40. The third-order valence-electron chi connectivity index (χ3n) is 8.91. The first kappa shape index (κ1) is 44.0. The summed E-state index contributed by atoms with van der Waals surface area (Å²) in [6.45, 7) is 3.16. The van der Waals surface area contributed by atoms with Gasteiger partial charge < -0.3 is 25.0 Å². The van der Waals surface area contributed by atoms with Crippen LogP contribution in [-0.2, 0) is 9.47 Å². The first-order valence-electron chi connectivity index (χ1n) is 18.3. The summed E-state index contributed by atoms with van der Waals surface area (Å²) in [5.74, 6) is -2.14. The number of imide groups is 1. The number of benzene rings is 3. The fraction of sp³-hybridized carbons (Fsp3) is 0.244. The molecule has 2 N–H and O–H groups in total. The average molecular weight is 862 g/mol. The van der Waals surface area contributed by atoms with Crippen LogP contribution in [0.25, 0.3) is 0 Å². The van der Waals surface area contributed by atoms with Crippen LogP contribution in [-0.4, -0.2) is 89.3 Å². The normalized spacial score (nSPS) is 13.0. The smallest absolute Gasteiger partial charge is 0.360 e. The number of ether oxygens (including phenoxy) is 2. The number of amides is 2. The van der Waals surface area contributed by atoms with E-state index >= 15 is 0 Å². The highest BCUT2D eigenvalue weighted by Gasteiger charge is 2.34. The molecule has 0 atom stereocenters. The Hall–Kier alpha value is -6.16. The fourth-order valence-electron chi connectivity index (χ4n) is 5.99. The second-order valence-corrected chi connectivity index (χ2v) is 13.8. The van der Waals surface area contributed by atoms with E-state index in [0.29, 0.717) is 30.3 Å². The van der Waals surface area contributed by atoms with Gasteiger partial charge in [-0.2, -0.15) is 0 Å². The van der Waals surface area contributed by atoms with Crippen molar-refractivity contribution in [3.63, 3.8) is 0 Å². The predicted octanol–water partition coefficient (Wildman–Crippen LogP) is 7.17. The van der Waals surface area contributed by atoms with Gasteiger partial charge in [0.2, 0.25) is 0 Å². The average Bonchev–Trinajstić information content (AvgIpc) is 4.02. The van der Waals surface area contributed by atoms with Crippen molar-refractivity contribution in [2.75, 3.05) is 60.8 Å². The Balaban J connectivity index is 0.000000209. The van der Waals surface area contributed by atoms with Gasteiger partial charge >= 0.3 is 11.9 Å². The van der Waals surface area contributed by atoms with Crippen molar-refractivity contribution in [2.45, 2.75) is 25.7 Å². The molecule has 3 aromatic carbocycles. The van der Waals surface area contributed by atoms with E-state index in [1.807, 2.05) is 15.9 Å². The monoisotopic (exact) mass is 860 g/mol. The Bertz CT molecular complexity index is 2230. The van der Waals surface area contributed by atoms with E-state index in [1.165, 1.54) is 14.2 Å². The third-order valence-corrected chi connectivity index (χ3v) is 9.64. The molecule has 2 fully saturated rings. The van der Waals surface area contributed by atoms with Crippen LogP contribution >= 0.6 is 34.8 Å². The molecule has 2 aliphatic rings. The summed E-state index contributed by atoms with van der Waals surface area (Å²) in [6, 6.07) is 25.3. The minimum atomic E-state index is -0.862. The number of esters is 2. The van der Waals surface area contributed by atoms with Gasteiger partial charge in [-0.25, -0.2) is 34.4 Å². The number of nitrogens with two attached hydrogens (primary N) is 1. The van der Waals surface area contributed by atoms with Crippen molar-refractivity contribution >= 4 is 87.1 Å². The number of carbonyl (C=O) groups is 5.